The molecule has 0 bridgehead atoms. The van der Waals surface area contributed by atoms with Crippen LogP contribution in [0.4, 0.5) is 22.7 Å². The van der Waals surface area contributed by atoms with Crippen LogP contribution in [0.1, 0.15) is 5.56 Å². The van der Waals surface area contributed by atoms with Crippen LogP contribution in [0.2, 0.25) is 0 Å². The van der Waals surface area contributed by atoms with Crippen molar-refractivity contribution in [2.75, 3.05) is 11.1 Å². The Morgan fingerprint density at radius 3 is 2.47 bits per heavy atom. The Bertz CT molecular complexity index is 624. The van der Waals surface area contributed by atoms with Crippen LogP contribution >= 0.6 is 0 Å². The maximum Gasteiger partial charge on any atom is 0.295 e. The average molecular weight is 259 g/mol. The Morgan fingerprint density at radius 2 is 1.89 bits per heavy atom. The van der Waals surface area contributed by atoms with Gasteiger partial charge in [-0.05, 0) is 42.8 Å². The number of aryl methyl sites for hydroxylation is 1. The molecule has 0 saturated carbocycles. The van der Waals surface area contributed by atoms with E-state index in [4.69, 9.17) is 5.73 Å². The highest BCUT2D eigenvalue weighted by atomic mass is 16.6. The van der Waals surface area contributed by atoms with Crippen molar-refractivity contribution in [3.05, 3.63) is 52.1 Å². The number of phenols is 1. The number of benzene rings is 2. The molecule has 2 rings (SSSR count). The van der Waals surface area contributed by atoms with Crippen molar-refractivity contribution < 1.29 is 10.0 Å². The molecule has 0 aliphatic rings. The Balaban J connectivity index is 2.44. The number of nitro groups is 1. The lowest BCUT2D eigenvalue weighted by Crippen LogP contribution is -2.02. The topological polar surface area (TPSA) is 101 Å². The summed E-state index contributed by atoms with van der Waals surface area (Å²) in [5.74, 6) is 0.122. The molecule has 0 aromatic heterocycles. The first-order valence-electron chi connectivity index (χ1n) is 5.58. The maximum atomic E-state index is 11.0. The summed E-state index contributed by atoms with van der Waals surface area (Å²) in [6, 6.07) is 9.31. The number of hydrogen-bond acceptors (Lipinski definition) is 5. The average Bonchev–Trinajstić information content (AvgIpc) is 2.34. The van der Waals surface area contributed by atoms with Crippen LogP contribution in [-0.2, 0) is 0 Å². The molecule has 6 nitrogen and oxygen atoms in total. The first kappa shape index (κ1) is 12.7. The van der Waals surface area contributed by atoms with E-state index in [0.717, 1.165) is 5.56 Å². The van der Waals surface area contributed by atoms with Crippen LogP contribution < -0.4 is 11.1 Å². The number of nitrogens with two attached hydrogens (primary N) is 1. The Morgan fingerprint density at radius 1 is 1.26 bits per heavy atom. The molecule has 0 spiro atoms. The summed E-state index contributed by atoms with van der Waals surface area (Å²) >= 11 is 0. The van der Waals surface area contributed by atoms with E-state index in [1.165, 1.54) is 18.2 Å². The second kappa shape index (κ2) is 4.85. The van der Waals surface area contributed by atoms with Gasteiger partial charge in [0.1, 0.15) is 11.4 Å². The summed E-state index contributed by atoms with van der Waals surface area (Å²) in [5.41, 5.74) is 7.63. The minimum Gasteiger partial charge on any atom is -0.508 e. The van der Waals surface area contributed by atoms with Gasteiger partial charge < -0.3 is 16.2 Å². The summed E-state index contributed by atoms with van der Waals surface area (Å²) in [7, 11) is 0. The highest BCUT2D eigenvalue weighted by molar-refractivity contribution is 5.82. The first-order valence-corrected chi connectivity index (χ1v) is 5.58. The molecule has 6 heteroatoms. The minimum absolute atomic E-state index is 0.0782. The number of nitrogens with zero attached hydrogens (tertiary/aromatic N) is 1. The fourth-order valence-electron chi connectivity index (χ4n) is 1.76. The predicted octanol–water partition coefficient (Wildman–Crippen LogP) is 2.93. The van der Waals surface area contributed by atoms with Crippen molar-refractivity contribution >= 4 is 22.7 Å². The van der Waals surface area contributed by atoms with Crippen molar-refractivity contribution in [1.82, 2.24) is 0 Å². The van der Waals surface area contributed by atoms with Gasteiger partial charge in [-0.2, -0.15) is 0 Å². The van der Waals surface area contributed by atoms with Crippen molar-refractivity contribution in [1.29, 1.82) is 0 Å². The molecule has 0 saturated heterocycles. The number of nitro benzene ring substituents is 1. The summed E-state index contributed by atoms with van der Waals surface area (Å²) in [6.07, 6.45) is 0. The summed E-state index contributed by atoms with van der Waals surface area (Å²) in [5, 5.41) is 23.1. The number of aromatic hydroxyl groups is 1. The highest BCUT2D eigenvalue weighted by Crippen LogP contribution is 2.34. The quantitative estimate of drug-likeness (QED) is 0.340. The standard InChI is InChI=1S/C13H13N3O3/c1-8-6-11(14)13(12(7-8)16(18)19)15-9-2-4-10(17)5-3-9/h2-7,15,17H,14H2,1H3. The second-order valence-corrected chi connectivity index (χ2v) is 4.18. The van der Waals surface area contributed by atoms with Crippen molar-refractivity contribution in [2.45, 2.75) is 6.92 Å². The van der Waals surface area contributed by atoms with E-state index in [1.807, 2.05) is 0 Å². The lowest BCUT2D eigenvalue weighted by Gasteiger charge is -2.10. The summed E-state index contributed by atoms with van der Waals surface area (Å²) in [4.78, 5) is 10.6. The lowest BCUT2D eigenvalue weighted by molar-refractivity contribution is -0.383. The molecule has 0 fully saturated rings. The second-order valence-electron chi connectivity index (χ2n) is 4.18. The van der Waals surface area contributed by atoms with Gasteiger partial charge in [0.2, 0.25) is 0 Å². The van der Waals surface area contributed by atoms with Gasteiger partial charge in [-0.15, -0.1) is 0 Å². The zero-order valence-corrected chi connectivity index (χ0v) is 10.3. The van der Waals surface area contributed by atoms with Crippen molar-refractivity contribution in [3.63, 3.8) is 0 Å². The molecule has 0 aliphatic heterocycles. The Hall–Kier alpha value is -2.76. The number of anilines is 3. The van der Waals surface area contributed by atoms with Gasteiger partial charge in [-0.3, -0.25) is 10.1 Å². The molecule has 0 aliphatic carbocycles. The third-order valence-electron chi connectivity index (χ3n) is 2.63. The van der Waals surface area contributed by atoms with Crippen LogP contribution in [0.15, 0.2) is 36.4 Å². The molecule has 0 amide bonds. The van der Waals surface area contributed by atoms with Gasteiger partial charge in [-0.1, -0.05) is 0 Å². The van der Waals surface area contributed by atoms with E-state index < -0.39 is 4.92 Å². The van der Waals surface area contributed by atoms with E-state index in [0.29, 0.717) is 11.4 Å². The molecule has 2 aromatic carbocycles. The van der Waals surface area contributed by atoms with Crippen molar-refractivity contribution in [2.24, 2.45) is 0 Å². The van der Waals surface area contributed by atoms with E-state index in [9.17, 15) is 15.2 Å². The number of hydrogen-bond donors (Lipinski definition) is 3. The van der Waals surface area contributed by atoms with E-state index in [-0.39, 0.29) is 17.1 Å². The first-order chi connectivity index (χ1) is 8.97. The number of phenolic OH excluding ortho intramolecular Hbond substituents is 1. The number of nitrogens with one attached hydrogen (secondary N) is 1. The molecule has 98 valence electrons. The summed E-state index contributed by atoms with van der Waals surface area (Å²) in [6.45, 7) is 1.74. The minimum atomic E-state index is -0.480. The van der Waals surface area contributed by atoms with Gasteiger partial charge >= 0.3 is 0 Å². The third-order valence-corrected chi connectivity index (χ3v) is 2.63. The van der Waals surface area contributed by atoms with Crippen LogP contribution in [-0.4, -0.2) is 10.0 Å². The number of rotatable bonds is 3. The Kier molecular flexibility index (Phi) is 3.24. The molecule has 0 heterocycles. The van der Waals surface area contributed by atoms with Crippen LogP contribution in [0.5, 0.6) is 5.75 Å². The van der Waals surface area contributed by atoms with Crippen LogP contribution in [0.25, 0.3) is 0 Å². The lowest BCUT2D eigenvalue weighted by atomic mass is 10.1. The predicted molar refractivity (Wildman–Crippen MR) is 73.6 cm³/mol. The normalized spacial score (nSPS) is 10.2. The molecule has 4 N–H and O–H groups in total. The molecule has 0 radical (unpaired) electrons. The highest BCUT2D eigenvalue weighted by Gasteiger charge is 2.17. The SMILES string of the molecule is Cc1cc(N)c(Nc2ccc(O)cc2)c([N+](=O)[O-])c1. The van der Waals surface area contributed by atoms with E-state index in [2.05, 4.69) is 5.32 Å². The number of nitrogen functional groups attached to an aromatic ring is 1. The zero-order chi connectivity index (χ0) is 14.0. The largest absolute Gasteiger partial charge is 0.508 e. The van der Waals surface area contributed by atoms with Crippen LogP contribution in [0.3, 0.4) is 0 Å². The Labute approximate surface area is 109 Å². The third kappa shape index (κ3) is 2.74. The molecule has 19 heavy (non-hydrogen) atoms. The van der Waals surface area contributed by atoms with Gasteiger partial charge in [0, 0.05) is 11.8 Å². The molecular weight excluding hydrogens is 246 g/mol. The maximum absolute atomic E-state index is 11.0. The van der Waals surface area contributed by atoms with E-state index in [1.54, 1.807) is 25.1 Å². The van der Waals surface area contributed by atoms with Gasteiger partial charge in [0.15, 0.2) is 0 Å². The van der Waals surface area contributed by atoms with Gasteiger partial charge in [0.05, 0.1) is 10.6 Å². The fourth-order valence-corrected chi connectivity index (χ4v) is 1.76. The smallest absolute Gasteiger partial charge is 0.295 e. The van der Waals surface area contributed by atoms with Crippen LogP contribution in [0, 0.1) is 17.0 Å². The monoisotopic (exact) mass is 259 g/mol. The van der Waals surface area contributed by atoms with Crippen molar-refractivity contribution in [3.8, 4) is 5.75 Å². The summed E-state index contributed by atoms with van der Waals surface area (Å²) < 4.78 is 0. The van der Waals surface area contributed by atoms with Gasteiger partial charge in [-0.25, -0.2) is 0 Å². The molecule has 0 atom stereocenters. The fraction of sp³-hybridized carbons (Fsp3) is 0.0769. The van der Waals surface area contributed by atoms with Gasteiger partial charge in [0.25, 0.3) is 5.69 Å². The van der Waals surface area contributed by atoms with E-state index >= 15 is 0 Å². The zero-order valence-electron chi connectivity index (χ0n) is 10.3. The molecular formula is C13H13N3O3. The molecule has 0 unspecified atom stereocenters. The molecule has 2 aromatic rings.